The number of carbonyl (C=O) groups is 1. The first-order valence-electron chi connectivity index (χ1n) is 8.92. The number of pyridine rings is 1. The largest absolute Gasteiger partial charge is 0.322 e. The first kappa shape index (κ1) is 17.3. The molecule has 1 N–H and O–H groups in total. The third kappa shape index (κ3) is 4.29. The number of hydrogen-bond donors (Lipinski definition) is 1. The number of benzene rings is 1. The van der Waals surface area contributed by atoms with Gasteiger partial charge in [-0.2, -0.15) is 0 Å². The Hall–Kier alpha value is -2.56. The van der Waals surface area contributed by atoms with Gasteiger partial charge in [-0.25, -0.2) is 4.79 Å². The van der Waals surface area contributed by atoms with E-state index in [0.29, 0.717) is 5.69 Å². The average molecular weight is 339 g/mol. The molecule has 5 nitrogen and oxygen atoms in total. The van der Waals surface area contributed by atoms with Crippen LogP contribution in [0.1, 0.15) is 31.2 Å². The summed E-state index contributed by atoms with van der Waals surface area (Å²) in [5.41, 5.74) is 1.45. The van der Waals surface area contributed by atoms with Gasteiger partial charge in [-0.15, -0.1) is 0 Å². The van der Waals surface area contributed by atoms with Crippen LogP contribution in [0.2, 0.25) is 0 Å². The molecule has 3 rings (SSSR count). The number of likely N-dealkylation sites (tertiary alicyclic amines) is 1. The topological polar surface area (TPSA) is 54.3 Å². The van der Waals surface area contributed by atoms with Gasteiger partial charge in [0.2, 0.25) is 0 Å². The van der Waals surface area contributed by atoms with Crippen LogP contribution in [0.25, 0.3) is 0 Å². The second-order valence-electron chi connectivity index (χ2n) is 6.64. The monoisotopic (exact) mass is 339 g/mol. The summed E-state index contributed by atoms with van der Waals surface area (Å²) < 4.78 is 1.47. The summed E-state index contributed by atoms with van der Waals surface area (Å²) in [6.07, 6.45) is 6.78. The van der Waals surface area contributed by atoms with Crippen LogP contribution >= 0.6 is 0 Å². The van der Waals surface area contributed by atoms with Crippen LogP contribution in [-0.4, -0.2) is 28.1 Å². The number of aryl methyl sites for hydroxylation is 2. The van der Waals surface area contributed by atoms with E-state index in [2.05, 4.69) is 17.4 Å². The lowest BCUT2D eigenvalue weighted by atomic mass is 9.96. The number of rotatable bonds is 4. The van der Waals surface area contributed by atoms with E-state index in [1.54, 1.807) is 25.4 Å². The predicted molar refractivity (Wildman–Crippen MR) is 99.8 cm³/mol. The number of carbonyl (C=O) groups excluding carboxylic acids is 1. The van der Waals surface area contributed by atoms with Gasteiger partial charge in [0.25, 0.3) is 5.56 Å². The standard InChI is InChI=1S/C20H25N3O2/c1-22-14-7-11-18(19(22)24)21-20(25)23-15-6-5-10-17(23)13-12-16-8-3-2-4-9-16/h2-4,7-9,11,14,17H,5-6,10,12-13,15H2,1H3,(H,21,25)/t17-/m1/s1. The van der Waals surface area contributed by atoms with Crippen LogP contribution in [0.4, 0.5) is 10.5 Å². The van der Waals surface area contributed by atoms with Gasteiger partial charge in [0, 0.05) is 25.8 Å². The number of aromatic nitrogens is 1. The van der Waals surface area contributed by atoms with Crippen molar-refractivity contribution in [2.75, 3.05) is 11.9 Å². The Morgan fingerprint density at radius 1 is 1.16 bits per heavy atom. The maximum Gasteiger partial charge on any atom is 0.322 e. The summed E-state index contributed by atoms with van der Waals surface area (Å²) in [6, 6.07) is 13.8. The molecule has 1 saturated heterocycles. The number of hydrogen-bond acceptors (Lipinski definition) is 2. The number of amides is 2. The van der Waals surface area contributed by atoms with Gasteiger partial charge >= 0.3 is 6.03 Å². The quantitative estimate of drug-likeness (QED) is 0.928. The van der Waals surface area contributed by atoms with Crippen molar-refractivity contribution < 1.29 is 4.79 Å². The molecule has 1 atom stereocenters. The van der Waals surface area contributed by atoms with Crippen molar-refractivity contribution in [2.45, 2.75) is 38.1 Å². The molecule has 0 spiro atoms. The highest BCUT2D eigenvalue weighted by Gasteiger charge is 2.26. The molecule has 2 amide bonds. The number of urea groups is 1. The molecule has 2 heterocycles. The zero-order chi connectivity index (χ0) is 17.6. The summed E-state index contributed by atoms with van der Waals surface area (Å²) in [5.74, 6) is 0. The highest BCUT2D eigenvalue weighted by molar-refractivity contribution is 5.89. The van der Waals surface area contributed by atoms with Crippen LogP contribution < -0.4 is 10.9 Å². The van der Waals surface area contributed by atoms with Crippen LogP contribution in [0.3, 0.4) is 0 Å². The van der Waals surface area contributed by atoms with E-state index >= 15 is 0 Å². The summed E-state index contributed by atoms with van der Waals surface area (Å²) in [6.45, 7) is 0.748. The molecule has 5 heteroatoms. The van der Waals surface area contributed by atoms with Gasteiger partial charge in [0.1, 0.15) is 5.69 Å². The molecule has 1 aliphatic rings. The van der Waals surface area contributed by atoms with E-state index in [1.807, 2.05) is 23.1 Å². The minimum absolute atomic E-state index is 0.166. The molecule has 0 aliphatic carbocycles. The second-order valence-corrected chi connectivity index (χ2v) is 6.64. The third-order valence-corrected chi connectivity index (χ3v) is 4.86. The van der Waals surface area contributed by atoms with E-state index < -0.39 is 0 Å². The molecule has 2 aromatic rings. The number of nitrogens with one attached hydrogen (secondary N) is 1. The minimum Gasteiger partial charge on any atom is -0.322 e. The Morgan fingerprint density at radius 3 is 2.76 bits per heavy atom. The normalized spacial score (nSPS) is 17.3. The van der Waals surface area contributed by atoms with E-state index in [9.17, 15) is 9.59 Å². The zero-order valence-corrected chi connectivity index (χ0v) is 14.6. The fourth-order valence-corrected chi connectivity index (χ4v) is 3.43. The summed E-state index contributed by atoms with van der Waals surface area (Å²) in [5, 5.41) is 2.80. The lowest BCUT2D eigenvalue weighted by molar-refractivity contribution is 0.158. The van der Waals surface area contributed by atoms with Crippen molar-refractivity contribution in [2.24, 2.45) is 7.05 Å². The smallest absolute Gasteiger partial charge is 0.322 e. The first-order chi connectivity index (χ1) is 12.1. The van der Waals surface area contributed by atoms with Crippen LogP contribution in [0.5, 0.6) is 0 Å². The van der Waals surface area contributed by atoms with Gasteiger partial charge in [-0.3, -0.25) is 4.79 Å². The van der Waals surface area contributed by atoms with Gasteiger partial charge in [-0.05, 0) is 49.8 Å². The average Bonchev–Trinajstić information content (AvgIpc) is 2.65. The fraction of sp³-hybridized carbons (Fsp3) is 0.400. The molecule has 1 aromatic heterocycles. The molecule has 1 aromatic carbocycles. The Labute approximate surface area is 148 Å². The van der Waals surface area contributed by atoms with E-state index in [4.69, 9.17) is 0 Å². The lowest BCUT2D eigenvalue weighted by Crippen LogP contribution is -2.46. The van der Waals surface area contributed by atoms with Crippen LogP contribution in [-0.2, 0) is 13.5 Å². The van der Waals surface area contributed by atoms with E-state index in [1.165, 1.54) is 10.1 Å². The molecular formula is C20H25N3O2. The molecule has 1 fully saturated rings. The highest BCUT2D eigenvalue weighted by Crippen LogP contribution is 2.22. The highest BCUT2D eigenvalue weighted by atomic mass is 16.2. The van der Waals surface area contributed by atoms with Gasteiger partial charge in [0.05, 0.1) is 0 Å². The lowest BCUT2D eigenvalue weighted by Gasteiger charge is -2.35. The minimum atomic E-state index is -0.186. The third-order valence-electron chi connectivity index (χ3n) is 4.86. The second kappa shape index (κ2) is 8.01. The number of anilines is 1. The molecule has 1 aliphatic heterocycles. The molecule has 25 heavy (non-hydrogen) atoms. The summed E-state index contributed by atoms with van der Waals surface area (Å²) >= 11 is 0. The molecular weight excluding hydrogens is 314 g/mol. The number of nitrogens with zero attached hydrogens (tertiary/aromatic N) is 2. The van der Waals surface area contributed by atoms with Crippen LogP contribution in [0, 0.1) is 0 Å². The molecule has 132 valence electrons. The molecule has 0 saturated carbocycles. The Morgan fingerprint density at radius 2 is 1.96 bits per heavy atom. The maximum atomic E-state index is 12.7. The van der Waals surface area contributed by atoms with Crippen molar-refractivity contribution in [3.8, 4) is 0 Å². The van der Waals surface area contributed by atoms with Crippen molar-refractivity contribution in [1.82, 2.24) is 9.47 Å². The van der Waals surface area contributed by atoms with Crippen LogP contribution in [0.15, 0.2) is 53.5 Å². The van der Waals surface area contributed by atoms with Crippen molar-refractivity contribution >= 4 is 11.7 Å². The maximum absolute atomic E-state index is 12.7. The zero-order valence-electron chi connectivity index (χ0n) is 14.6. The van der Waals surface area contributed by atoms with Gasteiger partial charge in [-0.1, -0.05) is 30.3 Å². The van der Waals surface area contributed by atoms with E-state index in [-0.39, 0.29) is 17.6 Å². The van der Waals surface area contributed by atoms with Gasteiger partial charge in [0.15, 0.2) is 0 Å². The van der Waals surface area contributed by atoms with Crippen molar-refractivity contribution in [3.05, 3.63) is 64.6 Å². The van der Waals surface area contributed by atoms with E-state index in [0.717, 1.165) is 38.6 Å². The summed E-state index contributed by atoms with van der Waals surface area (Å²) in [4.78, 5) is 26.7. The summed E-state index contributed by atoms with van der Waals surface area (Å²) in [7, 11) is 1.68. The predicted octanol–water partition coefficient (Wildman–Crippen LogP) is 3.40. The molecule has 0 radical (unpaired) electrons. The number of piperidine rings is 1. The van der Waals surface area contributed by atoms with Crippen molar-refractivity contribution in [1.29, 1.82) is 0 Å². The Balaban J connectivity index is 1.66. The van der Waals surface area contributed by atoms with Gasteiger partial charge < -0.3 is 14.8 Å². The molecule has 0 unspecified atom stereocenters. The Bertz CT molecular complexity index is 770. The Kier molecular flexibility index (Phi) is 5.53. The molecule has 0 bridgehead atoms. The van der Waals surface area contributed by atoms with Crippen molar-refractivity contribution in [3.63, 3.8) is 0 Å². The first-order valence-corrected chi connectivity index (χ1v) is 8.92. The fourth-order valence-electron chi connectivity index (χ4n) is 3.43. The SMILES string of the molecule is Cn1cccc(NC(=O)N2CCCC[C@@H]2CCc2ccccc2)c1=O.